The number of benzene rings is 2. The summed E-state index contributed by atoms with van der Waals surface area (Å²) in [6.45, 7) is 4.86. The molecule has 1 N–H and O–H groups in total. The van der Waals surface area contributed by atoms with Gasteiger partial charge in [0.1, 0.15) is 6.10 Å². The zero-order valence-corrected chi connectivity index (χ0v) is 20.1. The number of imidazole rings is 1. The van der Waals surface area contributed by atoms with Crippen molar-refractivity contribution in [3.63, 3.8) is 0 Å². The molecule has 3 heterocycles. The van der Waals surface area contributed by atoms with Gasteiger partial charge >= 0.3 is 0 Å². The van der Waals surface area contributed by atoms with E-state index in [1.54, 1.807) is 6.33 Å². The Labute approximate surface area is 206 Å². The minimum absolute atomic E-state index is 0.0419. The molecular formula is C28H32N4O3. The summed E-state index contributed by atoms with van der Waals surface area (Å²) in [7, 11) is 0. The smallest absolute Gasteiger partial charge is 0.274 e. The van der Waals surface area contributed by atoms with E-state index in [4.69, 9.17) is 4.74 Å². The monoisotopic (exact) mass is 472 g/mol. The van der Waals surface area contributed by atoms with E-state index in [-0.39, 0.29) is 29.8 Å². The second-order valence-corrected chi connectivity index (χ2v) is 9.53. The molecule has 2 aliphatic rings. The molecule has 2 aromatic carbocycles. The molecule has 1 saturated heterocycles. The Hall–Kier alpha value is -3.45. The van der Waals surface area contributed by atoms with Gasteiger partial charge in [-0.2, -0.15) is 0 Å². The summed E-state index contributed by atoms with van der Waals surface area (Å²) in [5.74, 6) is 0.210. The van der Waals surface area contributed by atoms with Gasteiger partial charge in [-0.3, -0.25) is 9.59 Å². The third-order valence-corrected chi connectivity index (χ3v) is 7.21. The van der Waals surface area contributed by atoms with E-state index in [9.17, 15) is 9.59 Å². The number of likely N-dealkylation sites (tertiary alicyclic amines) is 1. The van der Waals surface area contributed by atoms with Crippen molar-refractivity contribution in [3.8, 4) is 0 Å². The molecule has 0 saturated carbocycles. The van der Waals surface area contributed by atoms with Gasteiger partial charge in [-0.05, 0) is 29.9 Å². The van der Waals surface area contributed by atoms with E-state index in [2.05, 4.69) is 41.5 Å². The molecule has 0 unspecified atom stereocenters. The van der Waals surface area contributed by atoms with Crippen molar-refractivity contribution in [2.24, 2.45) is 5.92 Å². The molecule has 1 aromatic heterocycles. The maximum atomic E-state index is 13.2. The van der Waals surface area contributed by atoms with E-state index >= 15 is 0 Å². The molecule has 2 amide bonds. The van der Waals surface area contributed by atoms with E-state index in [1.165, 1.54) is 5.56 Å². The van der Waals surface area contributed by atoms with Crippen molar-refractivity contribution >= 4 is 11.8 Å². The summed E-state index contributed by atoms with van der Waals surface area (Å²) in [4.78, 5) is 32.2. The van der Waals surface area contributed by atoms with E-state index in [0.717, 1.165) is 11.3 Å². The fourth-order valence-corrected chi connectivity index (χ4v) is 4.97. The third-order valence-electron chi connectivity index (χ3n) is 7.21. The van der Waals surface area contributed by atoms with Gasteiger partial charge in [-0.25, -0.2) is 4.98 Å². The molecule has 0 spiro atoms. The summed E-state index contributed by atoms with van der Waals surface area (Å²) < 4.78 is 8.10. The van der Waals surface area contributed by atoms with Crippen LogP contribution in [0.5, 0.6) is 0 Å². The molecule has 0 aliphatic carbocycles. The van der Waals surface area contributed by atoms with Crippen LogP contribution in [-0.2, 0) is 22.7 Å². The van der Waals surface area contributed by atoms with Crippen LogP contribution in [-0.4, -0.2) is 45.9 Å². The van der Waals surface area contributed by atoms with Crippen molar-refractivity contribution in [2.45, 2.75) is 44.9 Å². The van der Waals surface area contributed by atoms with Crippen LogP contribution in [0.25, 0.3) is 0 Å². The van der Waals surface area contributed by atoms with Crippen LogP contribution in [0.1, 0.15) is 59.1 Å². The van der Waals surface area contributed by atoms with Gasteiger partial charge in [0.2, 0.25) is 5.91 Å². The number of nitrogens with zero attached hydrogens (tertiary/aromatic N) is 3. The Morgan fingerprint density at radius 3 is 2.46 bits per heavy atom. The van der Waals surface area contributed by atoms with Crippen molar-refractivity contribution in [3.05, 3.63) is 89.5 Å². The first-order valence-corrected chi connectivity index (χ1v) is 12.4. The molecular weight excluding hydrogens is 440 g/mol. The second kappa shape index (κ2) is 10.4. The molecule has 0 radical (unpaired) electrons. The molecule has 1 fully saturated rings. The Bertz CT molecular complexity index is 1150. The van der Waals surface area contributed by atoms with Gasteiger partial charge in [-0.15, -0.1) is 0 Å². The average Bonchev–Trinajstić information content (AvgIpc) is 3.35. The molecule has 7 nitrogen and oxygen atoms in total. The topological polar surface area (TPSA) is 76.5 Å². The highest BCUT2D eigenvalue weighted by molar-refractivity contribution is 5.93. The number of fused-ring (bicyclic) bond motifs is 1. The molecule has 0 bridgehead atoms. The number of hydrogen-bond donors (Lipinski definition) is 1. The first-order chi connectivity index (χ1) is 17.1. The average molecular weight is 473 g/mol. The van der Waals surface area contributed by atoms with Crippen molar-refractivity contribution < 1.29 is 14.3 Å². The van der Waals surface area contributed by atoms with Gasteiger partial charge in [0.25, 0.3) is 5.91 Å². The number of carbonyl (C=O) groups excluding carboxylic acids is 2. The fourth-order valence-electron chi connectivity index (χ4n) is 4.97. The number of carbonyl (C=O) groups is 2. The first kappa shape index (κ1) is 23.3. The van der Waals surface area contributed by atoms with Crippen molar-refractivity contribution in [1.82, 2.24) is 19.8 Å². The van der Waals surface area contributed by atoms with Gasteiger partial charge < -0.3 is 19.5 Å². The summed E-state index contributed by atoms with van der Waals surface area (Å²) in [6, 6.07) is 20.3. The SMILES string of the molecule is C[C@H](CNC(=O)C1CCN(C(=O)c2ncn3c2CO[C@H](c2ccccc2)C3)CC1)c1ccccc1. The molecule has 5 rings (SSSR count). The number of rotatable bonds is 6. The molecule has 35 heavy (non-hydrogen) atoms. The lowest BCUT2D eigenvalue weighted by atomic mass is 9.95. The zero-order valence-electron chi connectivity index (χ0n) is 20.1. The highest BCUT2D eigenvalue weighted by atomic mass is 16.5. The molecule has 2 aliphatic heterocycles. The standard InChI is InChI=1S/C28H32N4O3/c1-20(21-8-4-2-5-9-21)16-29-27(33)23-12-14-31(15-13-23)28(34)26-24-18-35-25(17-32(24)19-30-26)22-10-6-3-7-11-22/h2-11,19-20,23,25H,12-18H2,1H3,(H,29,33)/t20-,25+/m1/s1. The van der Waals surface area contributed by atoms with Gasteiger partial charge in [0.05, 0.1) is 25.2 Å². The zero-order chi connectivity index (χ0) is 24.2. The molecule has 2 atom stereocenters. The maximum Gasteiger partial charge on any atom is 0.274 e. The van der Waals surface area contributed by atoms with Gasteiger partial charge in [-0.1, -0.05) is 67.6 Å². The fraction of sp³-hybridized carbons (Fsp3) is 0.393. The van der Waals surface area contributed by atoms with E-state index in [0.29, 0.717) is 51.3 Å². The lowest BCUT2D eigenvalue weighted by molar-refractivity contribution is -0.126. The van der Waals surface area contributed by atoms with Crippen LogP contribution in [0.15, 0.2) is 67.0 Å². The quantitative estimate of drug-likeness (QED) is 0.590. The lowest BCUT2D eigenvalue weighted by Crippen LogP contribution is -2.44. The van der Waals surface area contributed by atoms with Crippen molar-refractivity contribution in [2.75, 3.05) is 19.6 Å². The highest BCUT2D eigenvalue weighted by Crippen LogP contribution is 2.29. The summed E-state index contributed by atoms with van der Waals surface area (Å²) in [6.07, 6.45) is 3.04. The summed E-state index contributed by atoms with van der Waals surface area (Å²) in [5, 5.41) is 3.11. The normalized spacial score (nSPS) is 19.1. The van der Waals surface area contributed by atoms with Gasteiger partial charge in [0, 0.05) is 25.6 Å². The van der Waals surface area contributed by atoms with E-state index in [1.807, 2.05) is 45.9 Å². The lowest BCUT2D eigenvalue weighted by Gasteiger charge is -2.32. The maximum absolute atomic E-state index is 13.2. The van der Waals surface area contributed by atoms with Crippen LogP contribution in [0, 0.1) is 5.92 Å². The van der Waals surface area contributed by atoms with Crippen LogP contribution in [0.4, 0.5) is 0 Å². The number of amides is 2. The Morgan fingerprint density at radius 1 is 1.06 bits per heavy atom. The number of hydrogen-bond acceptors (Lipinski definition) is 4. The number of aromatic nitrogens is 2. The van der Waals surface area contributed by atoms with Gasteiger partial charge in [0.15, 0.2) is 5.69 Å². The summed E-state index contributed by atoms with van der Waals surface area (Å²) in [5.41, 5.74) is 3.64. The van der Waals surface area contributed by atoms with E-state index < -0.39 is 0 Å². The second-order valence-electron chi connectivity index (χ2n) is 9.53. The molecule has 7 heteroatoms. The Morgan fingerprint density at radius 2 is 1.74 bits per heavy atom. The number of piperidine rings is 1. The minimum Gasteiger partial charge on any atom is -0.365 e. The molecule has 3 aromatic rings. The van der Waals surface area contributed by atoms with Crippen molar-refractivity contribution in [1.29, 1.82) is 0 Å². The Balaban J connectivity index is 1.13. The van der Waals surface area contributed by atoms with Crippen LogP contribution in [0.3, 0.4) is 0 Å². The predicted octanol–water partition coefficient (Wildman–Crippen LogP) is 3.93. The minimum atomic E-state index is -0.0722. The van der Waals surface area contributed by atoms with Crippen LogP contribution >= 0.6 is 0 Å². The predicted molar refractivity (Wildman–Crippen MR) is 133 cm³/mol. The highest BCUT2D eigenvalue weighted by Gasteiger charge is 2.32. The largest absolute Gasteiger partial charge is 0.365 e. The molecule has 182 valence electrons. The number of nitrogens with one attached hydrogen (secondary N) is 1. The van der Waals surface area contributed by atoms with Crippen LogP contribution in [0.2, 0.25) is 0 Å². The number of ether oxygens (including phenoxy) is 1. The summed E-state index contributed by atoms with van der Waals surface area (Å²) >= 11 is 0. The first-order valence-electron chi connectivity index (χ1n) is 12.4. The third kappa shape index (κ3) is 5.15. The van der Waals surface area contributed by atoms with Crippen LogP contribution < -0.4 is 5.32 Å². The Kier molecular flexibility index (Phi) is 6.95.